The van der Waals surface area contributed by atoms with Crippen molar-refractivity contribution in [3.8, 4) is 6.07 Å². The molecule has 1 saturated heterocycles. The van der Waals surface area contributed by atoms with Gasteiger partial charge in [-0.25, -0.2) is 0 Å². The Hall–Kier alpha value is -1.44. The molecule has 1 aromatic rings. The Bertz CT molecular complexity index is 417. The first kappa shape index (κ1) is 10.1. The van der Waals surface area contributed by atoms with Crippen molar-refractivity contribution in [2.45, 2.75) is 19.6 Å². The number of nitrogens with zero attached hydrogens (tertiary/aromatic N) is 2. The monoisotopic (exact) mass is 204 g/mol. The van der Waals surface area contributed by atoms with Gasteiger partial charge in [0.1, 0.15) is 6.07 Å². The lowest BCUT2D eigenvalue weighted by Gasteiger charge is -2.24. The first-order valence-electron chi connectivity index (χ1n) is 4.81. The molecule has 15 heavy (non-hydrogen) atoms. The van der Waals surface area contributed by atoms with Crippen molar-refractivity contribution < 1.29 is 9.47 Å². The van der Waals surface area contributed by atoms with Crippen LogP contribution in [0.4, 0.5) is 0 Å². The van der Waals surface area contributed by atoms with Gasteiger partial charge in [-0.05, 0) is 19.9 Å². The summed E-state index contributed by atoms with van der Waals surface area (Å²) in [4.78, 5) is 4.16. The number of nitriles is 1. The lowest BCUT2D eigenvalue weighted by Crippen LogP contribution is -2.24. The lowest BCUT2D eigenvalue weighted by molar-refractivity contribution is -0.150. The molecule has 2 heterocycles. The van der Waals surface area contributed by atoms with Gasteiger partial charge in [0.2, 0.25) is 0 Å². The van der Waals surface area contributed by atoms with Gasteiger partial charge < -0.3 is 9.47 Å². The Morgan fingerprint density at radius 1 is 1.47 bits per heavy atom. The third kappa shape index (κ3) is 1.72. The van der Waals surface area contributed by atoms with Crippen molar-refractivity contribution >= 4 is 0 Å². The molecule has 0 bridgehead atoms. The normalized spacial score (nSPS) is 18.7. The van der Waals surface area contributed by atoms with E-state index < -0.39 is 5.79 Å². The van der Waals surface area contributed by atoms with Gasteiger partial charge in [0, 0.05) is 17.5 Å². The van der Waals surface area contributed by atoms with Crippen LogP contribution in [0, 0.1) is 18.3 Å². The number of hydrogen-bond acceptors (Lipinski definition) is 4. The highest BCUT2D eigenvalue weighted by Crippen LogP contribution is 2.32. The van der Waals surface area contributed by atoms with E-state index in [1.165, 1.54) is 0 Å². The molecule has 1 aliphatic heterocycles. The fourth-order valence-corrected chi connectivity index (χ4v) is 1.72. The van der Waals surface area contributed by atoms with E-state index >= 15 is 0 Å². The smallest absolute Gasteiger partial charge is 0.193 e. The van der Waals surface area contributed by atoms with Crippen LogP contribution in [-0.2, 0) is 15.3 Å². The molecule has 0 atom stereocenters. The fraction of sp³-hybridized carbons (Fsp3) is 0.455. The van der Waals surface area contributed by atoms with Gasteiger partial charge in [0.05, 0.1) is 18.8 Å². The van der Waals surface area contributed by atoms with Crippen LogP contribution in [0.25, 0.3) is 0 Å². The molecule has 0 saturated carbocycles. The van der Waals surface area contributed by atoms with E-state index in [-0.39, 0.29) is 0 Å². The van der Waals surface area contributed by atoms with Crippen LogP contribution in [0.3, 0.4) is 0 Å². The standard InChI is InChI=1S/C11H12N2O2/c1-8-10(5-9(6-12)7-13-8)11(2)14-3-4-15-11/h5,7H,3-4H2,1-2H3. The van der Waals surface area contributed by atoms with Gasteiger partial charge in [-0.1, -0.05) is 0 Å². The second kappa shape index (κ2) is 3.61. The Morgan fingerprint density at radius 3 is 2.73 bits per heavy atom. The molecule has 0 N–H and O–H groups in total. The molecule has 1 fully saturated rings. The summed E-state index contributed by atoms with van der Waals surface area (Å²) in [7, 11) is 0. The van der Waals surface area contributed by atoms with Crippen LogP contribution in [0.15, 0.2) is 12.3 Å². The number of hydrogen-bond donors (Lipinski definition) is 0. The minimum atomic E-state index is -0.746. The van der Waals surface area contributed by atoms with Gasteiger partial charge in [-0.15, -0.1) is 0 Å². The summed E-state index contributed by atoms with van der Waals surface area (Å²) in [6.07, 6.45) is 1.55. The van der Waals surface area contributed by atoms with Crippen molar-refractivity contribution in [3.05, 3.63) is 29.1 Å². The van der Waals surface area contributed by atoms with Crippen molar-refractivity contribution in [3.63, 3.8) is 0 Å². The van der Waals surface area contributed by atoms with Crippen LogP contribution in [-0.4, -0.2) is 18.2 Å². The quantitative estimate of drug-likeness (QED) is 0.695. The van der Waals surface area contributed by atoms with E-state index in [2.05, 4.69) is 11.1 Å². The summed E-state index contributed by atoms with van der Waals surface area (Å²) in [6, 6.07) is 3.83. The summed E-state index contributed by atoms with van der Waals surface area (Å²) in [5.74, 6) is -0.746. The van der Waals surface area contributed by atoms with Crippen molar-refractivity contribution in [1.29, 1.82) is 5.26 Å². The molecule has 0 spiro atoms. The van der Waals surface area contributed by atoms with Gasteiger partial charge >= 0.3 is 0 Å². The number of aryl methyl sites for hydroxylation is 1. The lowest BCUT2D eigenvalue weighted by atomic mass is 10.0. The minimum absolute atomic E-state index is 0.524. The molecule has 78 valence electrons. The van der Waals surface area contributed by atoms with Gasteiger partial charge in [0.25, 0.3) is 0 Å². The number of pyridine rings is 1. The van der Waals surface area contributed by atoms with E-state index in [9.17, 15) is 0 Å². The number of rotatable bonds is 1. The van der Waals surface area contributed by atoms with Crippen LogP contribution < -0.4 is 0 Å². The molecular weight excluding hydrogens is 192 g/mol. The fourth-order valence-electron chi connectivity index (χ4n) is 1.72. The number of aromatic nitrogens is 1. The molecule has 1 aliphatic rings. The molecule has 2 rings (SSSR count). The summed E-state index contributed by atoms with van der Waals surface area (Å²) in [6.45, 7) is 4.89. The second-order valence-corrected chi connectivity index (χ2v) is 3.61. The summed E-state index contributed by atoms with van der Waals surface area (Å²) in [5.41, 5.74) is 2.19. The highest BCUT2D eigenvalue weighted by atomic mass is 16.7. The summed E-state index contributed by atoms with van der Waals surface area (Å²) < 4.78 is 11.1. The Labute approximate surface area is 88.5 Å². The van der Waals surface area contributed by atoms with Crippen LogP contribution in [0.2, 0.25) is 0 Å². The summed E-state index contributed by atoms with van der Waals surface area (Å²) in [5, 5.41) is 8.81. The first-order valence-corrected chi connectivity index (χ1v) is 4.81. The maximum atomic E-state index is 8.81. The molecule has 0 amide bonds. The van der Waals surface area contributed by atoms with E-state index in [1.807, 2.05) is 13.8 Å². The first-order chi connectivity index (χ1) is 7.15. The molecule has 0 radical (unpaired) electrons. The zero-order valence-corrected chi connectivity index (χ0v) is 8.78. The van der Waals surface area contributed by atoms with Crippen molar-refractivity contribution in [2.24, 2.45) is 0 Å². The average Bonchev–Trinajstić information content (AvgIpc) is 2.67. The zero-order chi connectivity index (χ0) is 10.9. The maximum Gasteiger partial charge on any atom is 0.193 e. The van der Waals surface area contributed by atoms with E-state index in [0.717, 1.165) is 11.3 Å². The third-order valence-electron chi connectivity index (χ3n) is 2.54. The van der Waals surface area contributed by atoms with Crippen LogP contribution >= 0.6 is 0 Å². The molecular formula is C11H12N2O2. The van der Waals surface area contributed by atoms with E-state index in [0.29, 0.717) is 18.8 Å². The van der Waals surface area contributed by atoms with Gasteiger partial charge in [-0.3, -0.25) is 4.98 Å². The minimum Gasteiger partial charge on any atom is -0.344 e. The highest BCUT2D eigenvalue weighted by molar-refractivity contribution is 5.35. The van der Waals surface area contributed by atoms with E-state index in [4.69, 9.17) is 14.7 Å². The average molecular weight is 204 g/mol. The van der Waals surface area contributed by atoms with Crippen molar-refractivity contribution in [2.75, 3.05) is 13.2 Å². The van der Waals surface area contributed by atoms with Crippen LogP contribution in [0.1, 0.15) is 23.7 Å². The predicted octanol–water partition coefficient (Wildman–Crippen LogP) is 1.48. The molecule has 0 aliphatic carbocycles. The molecule has 0 unspecified atom stereocenters. The maximum absolute atomic E-state index is 8.81. The Kier molecular flexibility index (Phi) is 2.43. The number of ether oxygens (including phenoxy) is 2. The highest BCUT2D eigenvalue weighted by Gasteiger charge is 2.35. The Morgan fingerprint density at radius 2 is 2.13 bits per heavy atom. The third-order valence-corrected chi connectivity index (χ3v) is 2.54. The molecule has 1 aromatic heterocycles. The van der Waals surface area contributed by atoms with Crippen molar-refractivity contribution in [1.82, 2.24) is 4.98 Å². The summed E-state index contributed by atoms with van der Waals surface area (Å²) >= 11 is 0. The predicted molar refractivity (Wildman–Crippen MR) is 52.9 cm³/mol. The second-order valence-electron chi connectivity index (χ2n) is 3.61. The van der Waals surface area contributed by atoms with Crippen LogP contribution in [0.5, 0.6) is 0 Å². The topological polar surface area (TPSA) is 55.1 Å². The zero-order valence-electron chi connectivity index (χ0n) is 8.78. The largest absolute Gasteiger partial charge is 0.344 e. The molecule has 0 aromatic carbocycles. The molecule has 4 heteroatoms. The molecule has 4 nitrogen and oxygen atoms in total. The SMILES string of the molecule is Cc1ncc(C#N)cc1C1(C)OCCO1. The van der Waals surface area contributed by atoms with E-state index in [1.54, 1.807) is 12.3 Å². The van der Waals surface area contributed by atoms with Gasteiger partial charge in [0.15, 0.2) is 5.79 Å². The Balaban J connectivity index is 2.47. The van der Waals surface area contributed by atoms with Gasteiger partial charge in [-0.2, -0.15) is 5.26 Å².